The molecule has 0 aliphatic carbocycles. The van der Waals surface area contributed by atoms with Gasteiger partial charge in [0, 0.05) is 12.2 Å². The molecule has 0 amide bonds. The van der Waals surface area contributed by atoms with Gasteiger partial charge in [0.15, 0.2) is 0 Å². The largest absolute Gasteiger partial charge is 1.00 e. The van der Waals surface area contributed by atoms with Crippen LogP contribution in [0.5, 0.6) is 0 Å². The van der Waals surface area contributed by atoms with Crippen LogP contribution in [0.3, 0.4) is 0 Å². The van der Waals surface area contributed by atoms with E-state index in [9.17, 15) is 0 Å². The summed E-state index contributed by atoms with van der Waals surface area (Å²) in [6.45, 7) is 0.972. The van der Waals surface area contributed by atoms with Crippen LogP contribution in [-0.2, 0) is 4.79 Å². The number of carbonyl (C=O) groups is 1. The average molecular weight is 179 g/mol. The molecule has 0 bridgehead atoms. The zero-order valence-corrected chi connectivity index (χ0v) is 11.9. The molecule has 0 N–H and O–H groups in total. The summed E-state index contributed by atoms with van der Waals surface area (Å²) in [4.78, 5) is 8.89. The number of rotatable bonds is 0. The second-order valence-corrected chi connectivity index (χ2v) is 0.583. The predicted molar refractivity (Wildman–Crippen MR) is 16.3 cm³/mol. The first-order chi connectivity index (χ1) is 3.15. The number of nitriles is 1. The van der Waals surface area contributed by atoms with Gasteiger partial charge < -0.3 is 15.0 Å². The summed E-state index contributed by atoms with van der Waals surface area (Å²) >= 11 is 0. The van der Waals surface area contributed by atoms with E-state index in [1.807, 2.05) is 0 Å². The molecule has 0 radical (unpaired) electrons. The second-order valence-electron chi connectivity index (χ2n) is 0.583. The van der Waals surface area contributed by atoms with Crippen molar-refractivity contribution in [1.29, 1.82) is 5.26 Å². The van der Waals surface area contributed by atoms with Crippen molar-refractivity contribution in [1.82, 2.24) is 0 Å². The van der Waals surface area contributed by atoms with E-state index < -0.39 is 5.97 Å². The fourth-order valence-electron chi connectivity index (χ4n) is 0. The number of carboxylic acid groups (broad SMARTS) is 1. The van der Waals surface area contributed by atoms with E-state index in [-0.39, 0.29) is 103 Å². The third-order valence-corrected chi connectivity index (χ3v) is 0. The molecule has 0 fully saturated rings. The van der Waals surface area contributed by atoms with Gasteiger partial charge in [-0.2, -0.15) is 0 Å². The first-order valence-electron chi connectivity index (χ1n) is 1.34. The fourth-order valence-corrected chi connectivity index (χ4v) is 0. The van der Waals surface area contributed by atoms with Crippen LogP contribution in [0.2, 0.25) is 0 Å². The fraction of sp³-hybridized carbons (Fsp3) is 0.333. The average Bonchev–Trinajstić information content (AvgIpc) is 1.33. The first-order valence-corrected chi connectivity index (χ1v) is 1.34. The number of hydrogen-bond donors (Lipinski definition) is 0. The van der Waals surface area contributed by atoms with E-state index in [0.717, 1.165) is 6.92 Å². The number of aliphatic carboxylic acids is 1. The van der Waals surface area contributed by atoms with Crippen molar-refractivity contribution in [3.63, 3.8) is 0 Å². The number of hydrogen-bond acceptors (Lipinski definition) is 4. The van der Waals surface area contributed by atoms with Gasteiger partial charge in [0.25, 0.3) is 0 Å². The van der Waals surface area contributed by atoms with Gasteiger partial charge in [0.05, 0.1) is 0 Å². The Morgan fingerprint density at radius 1 is 1.56 bits per heavy atom. The molecule has 0 saturated heterocycles. The van der Waals surface area contributed by atoms with E-state index in [4.69, 9.17) is 20.3 Å². The Bertz CT molecular complexity index is 85.5. The Morgan fingerprint density at radius 2 is 1.56 bits per heavy atom. The van der Waals surface area contributed by atoms with Gasteiger partial charge in [-0.15, -0.1) is 0 Å². The zero-order valence-electron chi connectivity index (χ0n) is 5.67. The second kappa shape index (κ2) is 22.5. The molecular formula is C3H3K2NO3. The van der Waals surface area contributed by atoms with Crippen LogP contribution in [0, 0.1) is 11.5 Å². The molecule has 0 heterocycles. The maximum Gasteiger partial charge on any atom is 1.00 e. The van der Waals surface area contributed by atoms with Crippen LogP contribution < -0.4 is 113 Å². The molecule has 0 saturated carbocycles. The molecule has 0 aromatic carbocycles. The molecule has 6 heteroatoms. The van der Waals surface area contributed by atoms with E-state index >= 15 is 0 Å². The van der Waals surface area contributed by atoms with Gasteiger partial charge in [0.1, 0.15) is 0 Å². The van der Waals surface area contributed by atoms with E-state index in [0.29, 0.717) is 6.26 Å². The summed E-state index contributed by atoms with van der Waals surface area (Å²) in [7, 11) is 0. The molecule has 0 aromatic rings. The maximum atomic E-state index is 8.89. The molecule has 40 valence electrons. The monoisotopic (exact) mass is 179 g/mol. The van der Waals surface area contributed by atoms with Crippen LogP contribution in [-0.4, -0.2) is 5.97 Å². The molecule has 0 unspecified atom stereocenters. The van der Waals surface area contributed by atoms with Crippen molar-refractivity contribution in [2.45, 2.75) is 6.92 Å². The SMILES string of the molecule is CC(=O)[O-].N#C[O-].[K+].[K+]. The Morgan fingerprint density at radius 3 is 1.56 bits per heavy atom. The summed E-state index contributed by atoms with van der Waals surface area (Å²) < 4.78 is 0. The number of nitrogens with zero attached hydrogens (tertiary/aromatic N) is 1. The molecule has 0 atom stereocenters. The summed E-state index contributed by atoms with van der Waals surface area (Å²) in [5.74, 6) is -1.08. The third kappa shape index (κ3) is 157. The Balaban J connectivity index is -0.0000000233. The molecule has 0 spiro atoms. The maximum absolute atomic E-state index is 8.89. The van der Waals surface area contributed by atoms with Crippen LogP contribution in [0.1, 0.15) is 6.92 Å². The van der Waals surface area contributed by atoms with Crippen molar-refractivity contribution >= 4 is 5.97 Å². The quantitative estimate of drug-likeness (QED) is 0.273. The van der Waals surface area contributed by atoms with Gasteiger partial charge in [-0.1, -0.05) is 0 Å². The first kappa shape index (κ1) is 22.5. The van der Waals surface area contributed by atoms with E-state index in [1.54, 1.807) is 0 Å². The van der Waals surface area contributed by atoms with Gasteiger partial charge in [-0.05, 0) is 6.92 Å². The van der Waals surface area contributed by atoms with Crippen molar-refractivity contribution in [3.05, 3.63) is 0 Å². The summed E-state index contributed by atoms with van der Waals surface area (Å²) in [6.07, 6.45) is 0.500. The van der Waals surface area contributed by atoms with Gasteiger partial charge >= 0.3 is 103 Å². The van der Waals surface area contributed by atoms with Crippen molar-refractivity contribution in [3.8, 4) is 6.26 Å². The Labute approximate surface area is 138 Å². The smallest absolute Gasteiger partial charge is 0.812 e. The summed E-state index contributed by atoms with van der Waals surface area (Å²) in [6, 6.07) is 0. The topological polar surface area (TPSA) is 87.0 Å². The molecule has 0 rings (SSSR count). The Hall–Kier alpha value is 2.03. The summed E-state index contributed by atoms with van der Waals surface area (Å²) in [5.41, 5.74) is 0. The summed E-state index contributed by atoms with van der Waals surface area (Å²) in [5, 5.41) is 23.9. The van der Waals surface area contributed by atoms with Gasteiger partial charge in [0.2, 0.25) is 0 Å². The number of carbonyl (C=O) groups excluding carboxylic acids is 1. The molecule has 0 aliphatic heterocycles. The third-order valence-electron chi connectivity index (χ3n) is 0. The van der Waals surface area contributed by atoms with Crippen LogP contribution >= 0.6 is 0 Å². The van der Waals surface area contributed by atoms with Crippen molar-refractivity contribution in [2.75, 3.05) is 0 Å². The standard InChI is InChI=1S/C2H4O2.CHNO.2K/c1-2(3)4;2-1-3;;/h1H3,(H,3,4);3H;;/q;;2*+1/p-2. The van der Waals surface area contributed by atoms with Crippen LogP contribution in [0.4, 0.5) is 0 Å². The minimum atomic E-state index is -1.08. The molecule has 4 nitrogen and oxygen atoms in total. The van der Waals surface area contributed by atoms with Gasteiger partial charge in [-0.25, -0.2) is 5.26 Å². The molecule has 0 aliphatic rings. The van der Waals surface area contributed by atoms with Crippen LogP contribution in [0.15, 0.2) is 0 Å². The van der Waals surface area contributed by atoms with Gasteiger partial charge in [-0.3, -0.25) is 0 Å². The van der Waals surface area contributed by atoms with Crippen molar-refractivity contribution < 1.29 is 118 Å². The zero-order chi connectivity index (χ0) is 6.28. The predicted octanol–water partition coefficient (Wildman–Crippen LogP) is -8.41. The van der Waals surface area contributed by atoms with Crippen molar-refractivity contribution in [2.24, 2.45) is 0 Å². The minimum Gasteiger partial charge on any atom is -0.812 e. The molecule has 0 aromatic heterocycles. The van der Waals surface area contributed by atoms with Crippen LogP contribution in [0.25, 0.3) is 0 Å². The van der Waals surface area contributed by atoms with E-state index in [2.05, 4.69) is 0 Å². The normalized spacial score (nSPS) is 3.56. The number of carboxylic acids is 1. The van der Waals surface area contributed by atoms with E-state index in [1.165, 1.54) is 0 Å². The Kier molecular flexibility index (Phi) is 56.1. The molecule has 9 heavy (non-hydrogen) atoms. The molecular weight excluding hydrogens is 176 g/mol. The minimum absolute atomic E-state index is 0.